The number of amides is 1. The van der Waals surface area contributed by atoms with E-state index in [1.54, 1.807) is 6.07 Å². The molecular formula is C23H20F3N5O6S2. The molecule has 0 fully saturated rings. The summed E-state index contributed by atoms with van der Waals surface area (Å²) in [4.78, 5) is 30.4. The van der Waals surface area contributed by atoms with Crippen molar-refractivity contribution in [1.82, 2.24) is 14.6 Å². The molecule has 4 aromatic rings. The van der Waals surface area contributed by atoms with Gasteiger partial charge in [0.25, 0.3) is 11.5 Å². The first-order valence-electron chi connectivity index (χ1n) is 10.9. The van der Waals surface area contributed by atoms with Crippen molar-refractivity contribution < 1.29 is 34.8 Å². The van der Waals surface area contributed by atoms with Crippen molar-refractivity contribution >= 4 is 43.0 Å². The minimum atomic E-state index is -4.88. The molecule has 2 aromatic heterocycles. The predicted molar refractivity (Wildman–Crippen MR) is 138 cm³/mol. The first kappa shape index (κ1) is 27.8. The van der Waals surface area contributed by atoms with Crippen molar-refractivity contribution in [3.63, 3.8) is 0 Å². The summed E-state index contributed by atoms with van der Waals surface area (Å²) in [6.45, 7) is 1.27. The summed E-state index contributed by atoms with van der Waals surface area (Å²) in [5.41, 5.74) is -4.08. The van der Waals surface area contributed by atoms with Crippen molar-refractivity contribution in [3.05, 3.63) is 81.9 Å². The number of aryl methyl sites for hydroxylation is 1. The molecule has 0 spiro atoms. The number of alkyl halides is 3. The number of aromatic nitrogens is 3. The van der Waals surface area contributed by atoms with E-state index in [4.69, 9.17) is 0 Å². The Hall–Kier alpha value is -4.18. The van der Waals surface area contributed by atoms with Crippen molar-refractivity contribution in [3.8, 4) is 11.1 Å². The average molecular weight is 584 g/mol. The van der Waals surface area contributed by atoms with Crippen LogP contribution in [0.25, 0.3) is 16.8 Å². The maximum atomic E-state index is 13.9. The van der Waals surface area contributed by atoms with Crippen molar-refractivity contribution in [1.29, 1.82) is 0 Å². The quantitative estimate of drug-likeness (QED) is 0.354. The highest BCUT2D eigenvalue weighted by molar-refractivity contribution is 8.09. The van der Waals surface area contributed by atoms with Gasteiger partial charge in [0.05, 0.1) is 29.5 Å². The largest absolute Gasteiger partial charge is 0.433 e. The summed E-state index contributed by atoms with van der Waals surface area (Å²) in [5.74, 6) is -1.06. The number of rotatable bonds is 6. The van der Waals surface area contributed by atoms with Crippen LogP contribution in [0.3, 0.4) is 0 Å². The van der Waals surface area contributed by atoms with Crippen LogP contribution in [0.2, 0.25) is 0 Å². The molecule has 0 unspecified atom stereocenters. The smallest absolute Gasteiger partial charge is 0.322 e. The minimum Gasteiger partial charge on any atom is -0.322 e. The highest BCUT2D eigenvalue weighted by atomic mass is 32.3. The van der Waals surface area contributed by atoms with Gasteiger partial charge in [0, 0.05) is 5.69 Å². The molecule has 0 aliphatic heterocycles. The Kier molecular flexibility index (Phi) is 6.81. The zero-order valence-electron chi connectivity index (χ0n) is 20.4. The standard InChI is InChI=1S/C23H20F3N5O6S2/c1-13-17(21(32)28-15-10-7-11-16(12-15)31(38(2,34)35)39(3,36)37)22(33)30-20(27-13)18(14-8-5-4-6-9-14)19(29-30)23(24,25)26/h4-12,29H,1-3H3,(H,28,32). The molecule has 1 amide bonds. The lowest BCUT2D eigenvalue weighted by molar-refractivity contribution is -0.140. The van der Waals surface area contributed by atoms with Crippen LogP contribution in [0.5, 0.6) is 0 Å². The maximum Gasteiger partial charge on any atom is 0.433 e. The summed E-state index contributed by atoms with van der Waals surface area (Å²) < 4.78 is 90.6. The van der Waals surface area contributed by atoms with Gasteiger partial charge in [-0.15, -0.1) is 0 Å². The van der Waals surface area contributed by atoms with E-state index in [0.717, 1.165) is 6.07 Å². The normalized spacial score (nSPS) is 12.5. The molecule has 39 heavy (non-hydrogen) atoms. The molecule has 0 atom stereocenters. The molecule has 0 saturated carbocycles. The summed E-state index contributed by atoms with van der Waals surface area (Å²) in [7, 11) is -8.55. The number of sulfonamides is 2. The number of nitrogens with one attached hydrogen (secondary N) is 2. The number of benzene rings is 2. The van der Waals surface area contributed by atoms with Crippen LogP contribution in [-0.2, 0) is 26.2 Å². The molecule has 2 N–H and O–H groups in total. The number of aromatic amines is 1. The van der Waals surface area contributed by atoms with Crippen LogP contribution in [-0.4, -0.2) is 49.9 Å². The van der Waals surface area contributed by atoms with E-state index >= 15 is 0 Å². The van der Waals surface area contributed by atoms with E-state index in [1.165, 1.54) is 49.4 Å². The summed E-state index contributed by atoms with van der Waals surface area (Å²) >= 11 is 0. The molecule has 16 heteroatoms. The van der Waals surface area contributed by atoms with Crippen LogP contribution in [0.1, 0.15) is 21.7 Å². The van der Waals surface area contributed by atoms with E-state index in [0.29, 0.717) is 17.0 Å². The Balaban J connectivity index is 1.82. The van der Waals surface area contributed by atoms with Gasteiger partial charge in [0.1, 0.15) is 11.3 Å². The lowest BCUT2D eigenvalue weighted by Crippen LogP contribution is -2.35. The molecule has 4 rings (SSSR count). The Bertz CT molecular complexity index is 1850. The molecule has 0 aliphatic carbocycles. The zero-order valence-corrected chi connectivity index (χ0v) is 22.1. The van der Waals surface area contributed by atoms with Crippen molar-refractivity contribution in [2.24, 2.45) is 0 Å². The van der Waals surface area contributed by atoms with Crippen LogP contribution in [0.4, 0.5) is 24.5 Å². The fourth-order valence-electron chi connectivity index (χ4n) is 4.04. The van der Waals surface area contributed by atoms with Gasteiger partial charge < -0.3 is 5.32 Å². The fourth-order valence-corrected chi connectivity index (χ4v) is 7.00. The van der Waals surface area contributed by atoms with Crippen LogP contribution in [0, 0.1) is 6.92 Å². The van der Waals surface area contributed by atoms with Gasteiger partial charge in [0.2, 0.25) is 20.0 Å². The van der Waals surface area contributed by atoms with E-state index in [-0.39, 0.29) is 37.6 Å². The number of H-pyrrole nitrogens is 1. The SMILES string of the molecule is Cc1nc2c(-c3ccccc3)c(C(F)(F)F)[nH]n2c(=O)c1C(=O)Nc1cccc(N(S(C)(=O)=O)S(C)(=O)=O)c1. The second-order valence-electron chi connectivity index (χ2n) is 8.49. The van der Waals surface area contributed by atoms with E-state index in [9.17, 15) is 39.6 Å². The highest BCUT2D eigenvalue weighted by Crippen LogP contribution is 2.38. The Morgan fingerprint density at radius 2 is 1.62 bits per heavy atom. The number of carbonyl (C=O) groups excluding carboxylic acids is 1. The fraction of sp³-hybridized carbons (Fsp3) is 0.174. The van der Waals surface area contributed by atoms with Gasteiger partial charge in [-0.3, -0.25) is 14.7 Å². The summed E-state index contributed by atoms with van der Waals surface area (Å²) in [6, 6.07) is 12.3. The van der Waals surface area contributed by atoms with Gasteiger partial charge in [-0.25, -0.2) is 21.8 Å². The molecule has 2 heterocycles. The third-order valence-electron chi connectivity index (χ3n) is 5.45. The molecule has 0 saturated heterocycles. The molecule has 11 nitrogen and oxygen atoms in total. The zero-order chi connectivity index (χ0) is 28.9. The predicted octanol–water partition coefficient (Wildman–Crippen LogP) is 2.99. The number of fused-ring (bicyclic) bond motifs is 1. The molecular weight excluding hydrogens is 563 g/mol. The highest BCUT2D eigenvalue weighted by Gasteiger charge is 2.38. The maximum absolute atomic E-state index is 13.9. The second kappa shape index (κ2) is 9.53. The first-order chi connectivity index (χ1) is 18.0. The van der Waals surface area contributed by atoms with Gasteiger partial charge in [0.15, 0.2) is 5.65 Å². The average Bonchev–Trinajstić information content (AvgIpc) is 3.18. The monoisotopic (exact) mass is 583 g/mol. The molecule has 2 aromatic carbocycles. The van der Waals surface area contributed by atoms with Gasteiger partial charge in [-0.05, 0) is 30.7 Å². The molecule has 0 bridgehead atoms. The molecule has 0 radical (unpaired) electrons. The third-order valence-corrected chi connectivity index (χ3v) is 8.70. The van der Waals surface area contributed by atoms with Gasteiger partial charge >= 0.3 is 6.18 Å². The van der Waals surface area contributed by atoms with Crippen LogP contribution < -0.4 is 14.6 Å². The number of anilines is 2. The van der Waals surface area contributed by atoms with Crippen molar-refractivity contribution in [2.45, 2.75) is 13.1 Å². The van der Waals surface area contributed by atoms with E-state index in [2.05, 4.69) is 10.3 Å². The van der Waals surface area contributed by atoms with E-state index < -0.39 is 48.9 Å². The first-order valence-corrected chi connectivity index (χ1v) is 14.6. The third kappa shape index (κ3) is 5.37. The van der Waals surface area contributed by atoms with Crippen LogP contribution in [0.15, 0.2) is 59.4 Å². The van der Waals surface area contributed by atoms with E-state index in [1.807, 2.05) is 5.10 Å². The number of halogens is 3. The number of hydrogen-bond donors (Lipinski definition) is 2. The summed E-state index contributed by atoms with van der Waals surface area (Å²) in [6.07, 6.45) is -3.52. The molecule has 206 valence electrons. The Morgan fingerprint density at radius 3 is 2.18 bits per heavy atom. The van der Waals surface area contributed by atoms with Gasteiger partial charge in [-0.1, -0.05) is 36.4 Å². The second-order valence-corrected chi connectivity index (χ2v) is 12.4. The number of carbonyl (C=O) groups is 1. The number of hydrogen-bond acceptors (Lipinski definition) is 7. The topological polar surface area (TPSA) is 151 Å². The Labute approximate surface area is 220 Å². The number of nitrogens with zero attached hydrogens (tertiary/aromatic N) is 3. The van der Waals surface area contributed by atoms with Gasteiger partial charge in [-0.2, -0.15) is 21.4 Å². The van der Waals surface area contributed by atoms with Crippen molar-refractivity contribution in [2.75, 3.05) is 21.5 Å². The molecule has 0 aliphatic rings. The lowest BCUT2D eigenvalue weighted by atomic mass is 10.1. The Morgan fingerprint density at radius 1 is 1.00 bits per heavy atom. The van der Waals surface area contributed by atoms with Crippen LogP contribution >= 0.6 is 0 Å². The summed E-state index contributed by atoms with van der Waals surface area (Å²) in [5, 5.41) is 4.35. The lowest BCUT2D eigenvalue weighted by Gasteiger charge is -2.20. The minimum absolute atomic E-state index is 0.0915.